The fraction of sp³-hybridized carbons (Fsp3) is 0.300. The predicted molar refractivity (Wildman–Crippen MR) is 101 cm³/mol. The molecule has 0 unspecified atom stereocenters. The maximum atomic E-state index is 12.6. The van der Waals surface area contributed by atoms with Crippen molar-refractivity contribution in [1.82, 2.24) is 4.90 Å². The van der Waals surface area contributed by atoms with E-state index in [9.17, 15) is 4.79 Å². The summed E-state index contributed by atoms with van der Waals surface area (Å²) in [6.45, 7) is 2.77. The molecule has 0 fully saturated rings. The molecule has 1 aliphatic heterocycles. The number of amides is 1. The third-order valence-corrected chi connectivity index (χ3v) is 5.46. The number of hydrogen-bond acceptors (Lipinski definition) is 5. The second kappa shape index (κ2) is 8.07. The van der Waals surface area contributed by atoms with Gasteiger partial charge in [-0.2, -0.15) is 5.26 Å². The molecule has 0 spiro atoms. The Balaban J connectivity index is 1.71. The minimum atomic E-state index is -0.0402. The Morgan fingerprint density at radius 2 is 2.27 bits per heavy atom. The van der Waals surface area contributed by atoms with Gasteiger partial charge in [0, 0.05) is 17.5 Å². The minimum absolute atomic E-state index is 0.00174. The number of rotatable bonds is 5. The van der Waals surface area contributed by atoms with Crippen LogP contribution >= 0.6 is 11.3 Å². The quantitative estimate of drug-likeness (QED) is 0.753. The van der Waals surface area contributed by atoms with Gasteiger partial charge in [0.2, 0.25) is 5.91 Å². The van der Waals surface area contributed by atoms with Gasteiger partial charge in [-0.25, -0.2) is 0 Å². The number of carbonyl (C=O) groups excluding carboxylic acids is 1. The number of ether oxygens (including phenoxy) is 2. The lowest BCUT2D eigenvalue weighted by Gasteiger charge is -2.32. The summed E-state index contributed by atoms with van der Waals surface area (Å²) in [7, 11) is 1.54. The molecule has 0 bridgehead atoms. The number of fused-ring (bicyclic) bond motifs is 1. The topological polar surface area (TPSA) is 62.6 Å². The molecule has 1 atom stereocenters. The fourth-order valence-electron chi connectivity index (χ4n) is 3.09. The molecule has 6 heteroatoms. The maximum absolute atomic E-state index is 12.6. The standard InChI is InChI=1S/C20H20N2O3S/c1-14-16-8-12-26-19(16)7-10-22(14)20(23)6-4-15-3-5-17(25-11-9-21)18(13-15)24-2/h3-6,8,12-14H,7,10-11H2,1-2H3/b6-4+/t14-/m0/s1. The lowest BCUT2D eigenvalue weighted by atomic mass is 10.0. The average Bonchev–Trinajstić information content (AvgIpc) is 3.14. The molecule has 26 heavy (non-hydrogen) atoms. The van der Waals surface area contributed by atoms with Crippen molar-refractivity contribution >= 4 is 23.3 Å². The molecule has 1 aliphatic rings. The van der Waals surface area contributed by atoms with Crippen LogP contribution in [-0.4, -0.2) is 31.1 Å². The number of carbonyl (C=O) groups is 1. The molecule has 0 N–H and O–H groups in total. The van der Waals surface area contributed by atoms with Gasteiger partial charge < -0.3 is 14.4 Å². The molecular weight excluding hydrogens is 348 g/mol. The largest absolute Gasteiger partial charge is 0.493 e. The van der Waals surface area contributed by atoms with Gasteiger partial charge in [0.25, 0.3) is 0 Å². The molecule has 0 radical (unpaired) electrons. The Bertz CT molecular complexity index is 866. The van der Waals surface area contributed by atoms with E-state index >= 15 is 0 Å². The first kappa shape index (κ1) is 18.0. The summed E-state index contributed by atoms with van der Waals surface area (Å²) >= 11 is 1.76. The van der Waals surface area contributed by atoms with E-state index in [4.69, 9.17) is 14.7 Å². The molecule has 0 aliphatic carbocycles. The summed E-state index contributed by atoms with van der Waals surface area (Å²) < 4.78 is 10.6. The van der Waals surface area contributed by atoms with Crippen LogP contribution in [0.2, 0.25) is 0 Å². The van der Waals surface area contributed by atoms with Crippen LogP contribution < -0.4 is 9.47 Å². The molecule has 0 saturated heterocycles. The Labute approximate surface area is 157 Å². The predicted octanol–water partition coefficient (Wildman–Crippen LogP) is 3.82. The van der Waals surface area contributed by atoms with Crippen molar-refractivity contribution in [2.45, 2.75) is 19.4 Å². The summed E-state index contributed by atoms with van der Waals surface area (Å²) in [6.07, 6.45) is 4.28. The lowest BCUT2D eigenvalue weighted by molar-refractivity contribution is -0.128. The van der Waals surface area contributed by atoms with Crippen molar-refractivity contribution in [2.24, 2.45) is 0 Å². The third-order valence-electron chi connectivity index (χ3n) is 4.46. The zero-order chi connectivity index (χ0) is 18.5. The SMILES string of the molecule is COc1cc(/C=C/C(=O)N2CCc3sccc3[C@@H]2C)ccc1OCC#N. The van der Waals surface area contributed by atoms with Crippen LogP contribution in [0.5, 0.6) is 11.5 Å². The summed E-state index contributed by atoms with van der Waals surface area (Å²) in [4.78, 5) is 15.9. The van der Waals surface area contributed by atoms with Crippen molar-refractivity contribution in [3.63, 3.8) is 0 Å². The van der Waals surface area contributed by atoms with Crippen molar-refractivity contribution in [1.29, 1.82) is 5.26 Å². The Morgan fingerprint density at radius 1 is 1.42 bits per heavy atom. The van der Waals surface area contributed by atoms with Crippen molar-refractivity contribution in [3.05, 3.63) is 51.7 Å². The molecular formula is C20H20N2O3S. The molecule has 5 nitrogen and oxygen atoms in total. The summed E-state index contributed by atoms with van der Waals surface area (Å²) in [5.41, 5.74) is 2.09. The number of methoxy groups -OCH3 is 1. The van der Waals surface area contributed by atoms with Gasteiger partial charge in [0.15, 0.2) is 18.1 Å². The van der Waals surface area contributed by atoms with Gasteiger partial charge in [0.05, 0.1) is 13.2 Å². The van der Waals surface area contributed by atoms with Gasteiger partial charge in [0.1, 0.15) is 6.07 Å². The van der Waals surface area contributed by atoms with E-state index in [1.54, 1.807) is 42.7 Å². The number of nitrogens with zero attached hydrogens (tertiary/aromatic N) is 2. The van der Waals surface area contributed by atoms with Gasteiger partial charge in [-0.1, -0.05) is 6.07 Å². The van der Waals surface area contributed by atoms with Crippen LogP contribution in [0.25, 0.3) is 6.08 Å². The average molecular weight is 368 g/mol. The molecule has 2 aromatic rings. The van der Waals surface area contributed by atoms with E-state index in [0.29, 0.717) is 11.5 Å². The van der Waals surface area contributed by atoms with E-state index in [1.165, 1.54) is 10.4 Å². The number of hydrogen-bond donors (Lipinski definition) is 0. The molecule has 1 aromatic heterocycles. The second-order valence-electron chi connectivity index (χ2n) is 5.95. The van der Waals surface area contributed by atoms with Gasteiger partial charge in [-0.3, -0.25) is 4.79 Å². The maximum Gasteiger partial charge on any atom is 0.247 e. The van der Waals surface area contributed by atoms with Crippen molar-refractivity contribution < 1.29 is 14.3 Å². The van der Waals surface area contributed by atoms with Crippen LogP contribution in [0.4, 0.5) is 0 Å². The highest BCUT2D eigenvalue weighted by atomic mass is 32.1. The Hall–Kier alpha value is -2.78. The smallest absolute Gasteiger partial charge is 0.247 e. The highest BCUT2D eigenvalue weighted by Gasteiger charge is 2.26. The third kappa shape index (κ3) is 3.73. The minimum Gasteiger partial charge on any atom is -0.493 e. The molecule has 0 saturated carbocycles. The van der Waals surface area contributed by atoms with Crippen LogP contribution in [0.1, 0.15) is 29.0 Å². The van der Waals surface area contributed by atoms with Gasteiger partial charge in [-0.05, 0) is 54.1 Å². The summed E-state index contributed by atoms with van der Waals surface area (Å²) in [6, 6.07) is 9.48. The van der Waals surface area contributed by atoms with E-state index in [2.05, 4.69) is 18.4 Å². The van der Waals surface area contributed by atoms with E-state index in [-0.39, 0.29) is 18.6 Å². The second-order valence-corrected chi connectivity index (χ2v) is 6.95. The zero-order valence-electron chi connectivity index (χ0n) is 14.8. The monoisotopic (exact) mass is 368 g/mol. The van der Waals surface area contributed by atoms with Crippen LogP contribution in [0.15, 0.2) is 35.7 Å². The van der Waals surface area contributed by atoms with Gasteiger partial charge >= 0.3 is 0 Å². The first-order valence-electron chi connectivity index (χ1n) is 8.36. The molecule has 1 aromatic carbocycles. The first-order valence-corrected chi connectivity index (χ1v) is 9.24. The highest BCUT2D eigenvalue weighted by molar-refractivity contribution is 7.10. The number of benzene rings is 1. The van der Waals surface area contributed by atoms with E-state index in [0.717, 1.165) is 18.5 Å². The molecule has 3 rings (SSSR count). The van der Waals surface area contributed by atoms with Crippen LogP contribution in [-0.2, 0) is 11.2 Å². The molecule has 134 valence electrons. The van der Waals surface area contributed by atoms with E-state index in [1.807, 2.05) is 17.0 Å². The van der Waals surface area contributed by atoms with Crippen molar-refractivity contribution in [2.75, 3.05) is 20.3 Å². The fourth-order valence-corrected chi connectivity index (χ4v) is 4.05. The van der Waals surface area contributed by atoms with Crippen LogP contribution in [0.3, 0.4) is 0 Å². The lowest BCUT2D eigenvalue weighted by Crippen LogP contribution is -2.37. The highest BCUT2D eigenvalue weighted by Crippen LogP contribution is 2.33. The number of nitriles is 1. The first-order chi connectivity index (χ1) is 12.6. The summed E-state index contributed by atoms with van der Waals surface area (Å²) in [5.74, 6) is 1.04. The van der Waals surface area contributed by atoms with Crippen molar-refractivity contribution in [3.8, 4) is 17.6 Å². The molecule has 1 amide bonds. The Morgan fingerprint density at radius 3 is 3.04 bits per heavy atom. The van der Waals surface area contributed by atoms with Gasteiger partial charge in [-0.15, -0.1) is 11.3 Å². The molecule has 2 heterocycles. The Kier molecular flexibility index (Phi) is 5.59. The zero-order valence-corrected chi connectivity index (χ0v) is 15.6. The normalized spacial score (nSPS) is 16.2. The van der Waals surface area contributed by atoms with Crippen LogP contribution in [0, 0.1) is 11.3 Å². The van der Waals surface area contributed by atoms with E-state index < -0.39 is 0 Å². The summed E-state index contributed by atoms with van der Waals surface area (Å²) in [5, 5.41) is 10.7. The number of thiophene rings is 1.